The topological polar surface area (TPSA) is 17.1 Å². The predicted molar refractivity (Wildman–Crippen MR) is 59.0 cm³/mol. The largest absolute Gasteiger partial charge is 0.299 e. The third kappa shape index (κ3) is 3.03. The lowest BCUT2D eigenvalue weighted by Crippen LogP contribution is -2.16. The van der Waals surface area contributed by atoms with E-state index < -0.39 is 0 Å². The maximum Gasteiger partial charge on any atom is 0.140 e. The minimum Gasteiger partial charge on any atom is -0.299 e. The van der Waals surface area contributed by atoms with E-state index in [1.165, 1.54) is 0 Å². The molecule has 72 valence electrons. The number of thiocarbonyl (C=S) groups is 1. The molecule has 0 saturated heterocycles. The highest BCUT2D eigenvalue weighted by atomic mass is 32.1. The van der Waals surface area contributed by atoms with Gasteiger partial charge in [-0.05, 0) is 32.1 Å². The van der Waals surface area contributed by atoms with Gasteiger partial charge < -0.3 is 0 Å². The molecule has 0 aromatic carbocycles. The Kier molecular flexibility index (Phi) is 4.29. The minimum atomic E-state index is 0.111. The van der Waals surface area contributed by atoms with Crippen LogP contribution in [-0.2, 0) is 4.79 Å². The molecule has 1 unspecified atom stereocenters. The van der Waals surface area contributed by atoms with Crippen LogP contribution in [0.1, 0.15) is 38.5 Å². The molecular weight excluding hydrogens is 180 g/mol. The fourth-order valence-electron chi connectivity index (χ4n) is 1.75. The fraction of sp³-hybridized carbons (Fsp3) is 0.636. The molecule has 13 heavy (non-hydrogen) atoms. The van der Waals surface area contributed by atoms with Gasteiger partial charge in [0.05, 0.1) is 0 Å². The van der Waals surface area contributed by atoms with E-state index in [1.807, 2.05) is 6.08 Å². The second kappa shape index (κ2) is 5.28. The maximum absolute atomic E-state index is 11.3. The van der Waals surface area contributed by atoms with E-state index in [2.05, 4.69) is 6.58 Å². The molecule has 1 aliphatic carbocycles. The van der Waals surface area contributed by atoms with Crippen LogP contribution in [-0.4, -0.2) is 10.6 Å². The average molecular weight is 196 g/mol. The van der Waals surface area contributed by atoms with E-state index in [4.69, 9.17) is 12.2 Å². The quantitative estimate of drug-likeness (QED) is 0.382. The van der Waals surface area contributed by atoms with Crippen LogP contribution in [0.5, 0.6) is 0 Å². The molecule has 0 bridgehead atoms. The van der Waals surface area contributed by atoms with Gasteiger partial charge in [-0.3, -0.25) is 4.79 Å². The van der Waals surface area contributed by atoms with Gasteiger partial charge in [-0.2, -0.15) is 0 Å². The van der Waals surface area contributed by atoms with Crippen molar-refractivity contribution in [2.45, 2.75) is 38.5 Å². The molecule has 1 atom stereocenters. The molecule has 1 rings (SSSR count). The zero-order valence-corrected chi connectivity index (χ0v) is 8.74. The summed E-state index contributed by atoms with van der Waals surface area (Å²) in [6.45, 7) is 3.66. The van der Waals surface area contributed by atoms with Crippen molar-refractivity contribution in [3.05, 3.63) is 12.7 Å². The number of allylic oxidation sites excluding steroid dienone is 1. The standard InChI is InChI=1S/C11H16OS/c1-2-3-4-8-11(13)9-6-5-7-10(9)12/h2,9H,1,3-8H2. The molecule has 0 heterocycles. The van der Waals surface area contributed by atoms with Crippen molar-refractivity contribution in [2.75, 3.05) is 0 Å². The van der Waals surface area contributed by atoms with Gasteiger partial charge in [0.2, 0.25) is 0 Å². The van der Waals surface area contributed by atoms with E-state index in [0.717, 1.165) is 43.4 Å². The van der Waals surface area contributed by atoms with Crippen molar-refractivity contribution in [3.63, 3.8) is 0 Å². The number of unbranched alkanes of at least 4 members (excludes halogenated alkanes) is 1. The van der Waals surface area contributed by atoms with Gasteiger partial charge >= 0.3 is 0 Å². The van der Waals surface area contributed by atoms with Gasteiger partial charge in [0.25, 0.3) is 0 Å². The molecule has 1 fully saturated rings. The molecule has 1 nitrogen and oxygen atoms in total. The summed E-state index contributed by atoms with van der Waals surface area (Å²) in [4.78, 5) is 12.3. The second-order valence-corrected chi connectivity index (χ2v) is 4.08. The molecule has 0 amide bonds. The van der Waals surface area contributed by atoms with E-state index >= 15 is 0 Å². The Hall–Kier alpha value is -0.500. The number of carbonyl (C=O) groups excluding carboxylic acids is 1. The Morgan fingerprint density at radius 1 is 1.69 bits per heavy atom. The second-order valence-electron chi connectivity index (χ2n) is 3.56. The summed E-state index contributed by atoms with van der Waals surface area (Å²) in [5.74, 6) is 0.475. The molecule has 0 aliphatic heterocycles. The van der Waals surface area contributed by atoms with E-state index in [1.54, 1.807) is 0 Å². The first-order valence-corrected chi connectivity index (χ1v) is 5.33. The molecular formula is C11H16OS. The van der Waals surface area contributed by atoms with Crippen LogP contribution < -0.4 is 0 Å². The van der Waals surface area contributed by atoms with Crippen LogP contribution in [0.4, 0.5) is 0 Å². The van der Waals surface area contributed by atoms with Crippen LogP contribution in [0.3, 0.4) is 0 Å². The fourth-order valence-corrected chi connectivity index (χ4v) is 2.14. The zero-order valence-electron chi connectivity index (χ0n) is 7.92. The van der Waals surface area contributed by atoms with Crippen molar-refractivity contribution in [1.29, 1.82) is 0 Å². The van der Waals surface area contributed by atoms with Gasteiger partial charge in [0.1, 0.15) is 5.78 Å². The van der Waals surface area contributed by atoms with Crippen molar-refractivity contribution in [1.82, 2.24) is 0 Å². The molecule has 1 aliphatic rings. The Morgan fingerprint density at radius 3 is 3.00 bits per heavy atom. The lowest BCUT2D eigenvalue weighted by atomic mass is 9.99. The van der Waals surface area contributed by atoms with Crippen LogP contribution in [0.2, 0.25) is 0 Å². The number of hydrogen-bond donors (Lipinski definition) is 0. The molecule has 1 saturated carbocycles. The molecule has 0 radical (unpaired) electrons. The van der Waals surface area contributed by atoms with Crippen molar-refractivity contribution < 1.29 is 4.79 Å². The first-order valence-electron chi connectivity index (χ1n) is 4.92. The normalized spacial score (nSPS) is 21.8. The minimum absolute atomic E-state index is 0.111. The predicted octanol–water partition coefficient (Wildman–Crippen LogP) is 3.08. The smallest absolute Gasteiger partial charge is 0.140 e. The first kappa shape index (κ1) is 10.6. The highest BCUT2D eigenvalue weighted by molar-refractivity contribution is 7.80. The third-order valence-electron chi connectivity index (χ3n) is 2.52. The third-order valence-corrected chi connectivity index (χ3v) is 3.01. The molecule has 0 spiro atoms. The average Bonchev–Trinajstić information content (AvgIpc) is 2.52. The molecule has 0 aromatic rings. The summed E-state index contributed by atoms with van der Waals surface area (Å²) in [6, 6.07) is 0. The summed E-state index contributed by atoms with van der Waals surface area (Å²) < 4.78 is 0. The monoisotopic (exact) mass is 196 g/mol. The first-order chi connectivity index (χ1) is 6.25. The lowest BCUT2D eigenvalue weighted by Gasteiger charge is -2.08. The summed E-state index contributed by atoms with van der Waals surface area (Å²) in [5, 5.41) is 0. The number of Topliss-reactive ketones (excluding diaryl/α,β-unsaturated/α-hetero) is 1. The van der Waals surface area contributed by atoms with Gasteiger partial charge in [-0.15, -0.1) is 6.58 Å². The Balaban J connectivity index is 2.30. The summed E-state index contributed by atoms with van der Waals surface area (Å²) in [7, 11) is 0. The van der Waals surface area contributed by atoms with E-state index in [-0.39, 0.29) is 5.92 Å². The zero-order chi connectivity index (χ0) is 9.68. The van der Waals surface area contributed by atoms with Gasteiger partial charge in [-0.1, -0.05) is 18.3 Å². The Bertz CT molecular complexity index is 220. The Labute approximate surface area is 85.2 Å². The van der Waals surface area contributed by atoms with Crippen molar-refractivity contribution >= 4 is 22.9 Å². The summed E-state index contributed by atoms with van der Waals surface area (Å²) >= 11 is 5.25. The number of carbonyl (C=O) groups is 1. The molecule has 2 heteroatoms. The van der Waals surface area contributed by atoms with Gasteiger partial charge in [0, 0.05) is 17.2 Å². The number of ketones is 1. The maximum atomic E-state index is 11.3. The molecule has 0 aromatic heterocycles. The van der Waals surface area contributed by atoms with E-state index in [0.29, 0.717) is 5.78 Å². The summed E-state index contributed by atoms with van der Waals surface area (Å²) in [6.07, 6.45) is 7.63. The molecule has 0 N–H and O–H groups in total. The number of hydrogen-bond acceptors (Lipinski definition) is 2. The van der Waals surface area contributed by atoms with Crippen LogP contribution in [0.25, 0.3) is 0 Å². The van der Waals surface area contributed by atoms with Crippen molar-refractivity contribution in [2.24, 2.45) is 5.92 Å². The van der Waals surface area contributed by atoms with E-state index in [9.17, 15) is 4.79 Å². The highest BCUT2D eigenvalue weighted by Crippen LogP contribution is 2.24. The summed E-state index contributed by atoms with van der Waals surface area (Å²) in [5.41, 5.74) is 0. The van der Waals surface area contributed by atoms with Crippen molar-refractivity contribution in [3.8, 4) is 0 Å². The van der Waals surface area contributed by atoms with Gasteiger partial charge in [0.15, 0.2) is 0 Å². The van der Waals surface area contributed by atoms with Crippen LogP contribution in [0.15, 0.2) is 12.7 Å². The van der Waals surface area contributed by atoms with Gasteiger partial charge in [-0.25, -0.2) is 0 Å². The number of rotatable bonds is 5. The van der Waals surface area contributed by atoms with Crippen LogP contribution >= 0.6 is 12.2 Å². The van der Waals surface area contributed by atoms with Crippen LogP contribution in [0, 0.1) is 5.92 Å². The SMILES string of the molecule is C=CCCCC(=S)C1CCCC1=O. The highest BCUT2D eigenvalue weighted by Gasteiger charge is 2.27. The lowest BCUT2D eigenvalue weighted by molar-refractivity contribution is -0.118. The Morgan fingerprint density at radius 2 is 2.46 bits per heavy atom.